The Kier molecular flexibility index (Phi) is 11.3. The molecule has 13 heavy (non-hydrogen) atoms. The number of hydrogen-bond acceptors (Lipinski definition) is 4. The van der Waals surface area contributed by atoms with Crippen LogP contribution in [0, 0.1) is 0 Å². The Morgan fingerprint density at radius 1 is 0.846 bits per heavy atom. The third kappa shape index (κ3) is 32.8. The summed E-state index contributed by atoms with van der Waals surface area (Å²) in [6.45, 7) is 7.18. The second kappa shape index (κ2) is 7.73. The van der Waals surface area contributed by atoms with E-state index in [0.717, 1.165) is 0 Å². The Morgan fingerprint density at radius 2 is 0.923 bits per heavy atom. The maximum Gasteiger partial charge on any atom is 2.00 e. The van der Waals surface area contributed by atoms with Crippen molar-refractivity contribution in [1.82, 2.24) is 0 Å². The number of nitrogens with two attached hydrogens (primary N) is 2. The molecular formula is C8H22CuN2O2+2. The van der Waals surface area contributed by atoms with Gasteiger partial charge in [0.1, 0.15) is 0 Å². The third-order valence-electron chi connectivity index (χ3n) is 0.815. The molecule has 0 bridgehead atoms. The number of aliphatic hydroxyl groups is 2. The Balaban J connectivity index is -0.000000143. The van der Waals surface area contributed by atoms with Gasteiger partial charge in [0.05, 0.1) is 13.2 Å². The molecule has 1 radical (unpaired) electrons. The van der Waals surface area contributed by atoms with E-state index in [9.17, 15) is 0 Å². The van der Waals surface area contributed by atoms with Crippen molar-refractivity contribution in [2.24, 2.45) is 11.5 Å². The predicted octanol–water partition coefficient (Wildman–Crippen LogP) is -0.570. The topological polar surface area (TPSA) is 92.5 Å². The first-order valence-corrected chi connectivity index (χ1v) is 3.92. The molecule has 0 rings (SSSR count). The first-order valence-electron chi connectivity index (χ1n) is 3.92. The molecule has 0 aliphatic carbocycles. The zero-order chi connectivity index (χ0) is 10.4. The van der Waals surface area contributed by atoms with E-state index in [1.807, 2.05) is 0 Å². The summed E-state index contributed by atoms with van der Waals surface area (Å²) in [5.41, 5.74) is 9.76. The second-order valence-corrected chi connectivity index (χ2v) is 4.29. The van der Waals surface area contributed by atoms with Crippen LogP contribution in [-0.2, 0) is 17.1 Å². The monoisotopic (exact) mass is 241 g/mol. The Bertz CT molecular complexity index is 93.7. The molecule has 0 saturated heterocycles. The molecule has 0 aliphatic rings. The van der Waals surface area contributed by atoms with Gasteiger partial charge in [-0.15, -0.1) is 0 Å². The molecule has 0 aliphatic heterocycles. The molecule has 6 N–H and O–H groups in total. The third-order valence-corrected chi connectivity index (χ3v) is 0.815. The normalized spacial score (nSPS) is 11.1. The van der Waals surface area contributed by atoms with Crippen LogP contribution in [0.15, 0.2) is 0 Å². The van der Waals surface area contributed by atoms with E-state index in [1.165, 1.54) is 0 Å². The number of hydrogen-bond donors (Lipinski definition) is 4. The van der Waals surface area contributed by atoms with E-state index < -0.39 is 11.1 Å². The summed E-state index contributed by atoms with van der Waals surface area (Å²) in [5, 5.41) is 16.6. The number of aliphatic hydroxyl groups excluding tert-OH is 2. The van der Waals surface area contributed by atoms with Gasteiger partial charge < -0.3 is 21.7 Å². The molecule has 0 heterocycles. The van der Waals surface area contributed by atoms with Gasteiger partial charge in [-0.3, -0.25) is 0 Å². The molecule has 0 aromatic rings. The van der Waals surface area contributed by atoms with Gasteiger partial charge in [-0.2, -0.15) is 0 Å². The van der Waals surface area contributed by atoms with Crippen LogP contribution in [0.5, 0.6) is 0 Å². The van der Waals surface area contributed by atoms with Gasteiger partial charge in [0.25, 0.3) is 0 Å². The van der Waals surface area contributed by atoms with Crippen molar-refractivity contribution in [2.45, 2.75) is 38.8 Å². The quantitative estimate of drug-likeness (QED) is 0.488. The van der Waals surface area contributed by atoms with Crippen molar-refractivity contribution in [3.05, 3.63) is 0 Å². The second-order valence-electron chi connectivity index (χ2n) is 4.29. The van der Waals surface area contributed by atoms with Crippen molar-refractivity contribution < 1.29 is 27.3 Å². The van der Waals surface area contributed by atoms with Crippen molar-refractivity contribution >= 4 is 0 Å². The van der Waals surface area contributed by atoms with E-state index in [2.05, 4.69) is 0 Å². The fraction of sp³-hybridized carbons (Fsp3) is 1.00. The van der Waals surface area contributed by atoms with E-state index >= 15 is 0 Å². The van der Waals surface area contributed by atoms with Crippen LogP contribution >= 0.6 is 0 Å². The van der Waals surface area contributed by atoms with Crippen LogP contribution in [0.3, 0.4) is 0 Å². The smallest absolute Gasteiger partial charge is 0.394 e. The Labute approximate surface area is 91.2 Å². The molecule has 0 amide bonds. The molecule has 0 aromatic carbocycles. The molecule has 0 spiro atoms. The van der Waals surface area contributed by atoms with E-state index in [-0.39, 0.29) is 30.3 Å². The fourth-order valence-corrected chi connectivity index (χ4v) is 0. The van der Waals surface area contributed by atoms with Crippen molar-refractivity contribution in [3.8, 4) is 0 Å². The first-order chi connectivity index (χ1) is 5.12. The van der Waals surface area contributed by atoms with Gasteiger partial charge in [0.15, 0.2) is 0 Å². The zero-order valence-electron chi connectivity index (χ0n) is 8.76. The minimum absolute atomic E-state index is 0. The summed E-state index contributed by atoms with van der Waals surface area (Å²) in [6.07, 6.45) is 0. The molecule has 4 nitrogen and oxygen atoms in total. The van der Waals surface area contributed by atoms with E-state index in [0.29, 0.717) is 0 Å². The maximum absolute atomic E-state index is 8.28. The molecular weight excluding hydrogens is 220 g/mol. The van der Waals surface area contributed by atoms with E-state index in [1.54, 1.807) is 27.7 Å². The minimum atomic E-state index is -0.403. The predicted molar refractivity (Wildman–Crippen MR) is 50.7 cm³/mol. The summed E-state index contributed by atoms with van der Waals surface area (Å²) in [5.74, 6) is 0. The fourth-order valence-electron chi connectivity index (χ4n) is 0. The molecule has 0 saturated carbocycles. The molecule has 0 atom stereocenters. The average Bonchev–Trinajstić information content (AvgIpc) is 1.86. The van der Waals surface area contributed by atoms with Gasteiger partial charge >= 0.3 is 17.1 Å². The van der Waals surface area contributed by atoms with Crippen LogP contribution in [0.2, 0.25) is 0 Å². The summed E-state index contributed by atoms with van der Waals surface area (Å²) >= 11 is 0. The van der Waals surface area contributed by atoms with Gasteiger partial charge in [0, 0.05) is 11.1 Å². The molecule has 0 aromatic heterocycles. The molecule has 0 fully saturated rings. The van der Waals surface area contributed by atoms with Crippen LogP contribution in [-0.4, -0.2) is 34.5 Å². The Hall–Kier alpha value is 0.359. The summed E-state index contributed by atoms with van der Waals surface area (Å²) in [6, 6.07) is 0. The molecule has 0 unspecified atom stereocenters. The average molecular weight is 242 g/mol. The van der Waals surface area contributed by atoms with Gasteiger partial charge in [-0.05, 0) is 27.7 Å². The van der Waals surface area contributed by atoms with Crippen molar-refractivity contribution in [2.75, 3.05) is 13.2 Å². The van der Waals surface area contributed by atoms with Crippen LogP contribution < -0.4 is 11.5 Å². The van der Waals surface area contributed by atoms with Crippen molar-refractivity contribution in [3.63, 3.8) is 0 Å². The molecule has 85 valence electrons. The maximum atomic E-state index is 8.28. The van der Waals surface area contributed by atoms with Crippen LogP contribution in [0.25, 0.3) is 0 Å². The van der Waals surface area contributed by atoms with Crippen LogP contribution in [0.4, 0.5) is 0 Å². The zero-order valence-corrected chi connectivity index (χ0v) is 9.71. The SMILES string of the molecule is CC(C)(N)CO.CC(C)(N)CO.[Cu+2]. The standard InChI is InChI=1S/2C4H11NO.Cu/c2*1-4(2,5)3-6;/h2*6H,3,5H2,1-2H3;/q;;+2. The Morgan fingerprint density at radius 3 is 0.923 bits per heavy atom. The van der Waals surface area contributed by atoms with Gasteiger partial charge in [-0.25, -0.2) is 0 Å². The first kappa shape index (κ1) is 19.0. The summed E-state index contributed by atoms with van der Waals surface area (Å²) in [7, 11) is 0. The largest absolute Gasteiger partial charge is 2.00 e. The van der Waals surface area contributed by atoms with E-state index in [4.69, 9.17) is 21.7 Å². The van der Waals surface area contributed by atoms with Gasteiger partial charge in [0.2, 0.25) is 0 Å². The van der Waals surface area contributed by atoms with Gasteiger partial charge in [-0.1, -0.05) is 0 Å². The summed E-state index contributed by atoms with van der Waals surface area (Å²) in [4.78, 5) is 0. The number of rotatable bonds is 2. The minimum Gasteiger partial charge on any atom is -0.394 e. The van der Waals surface area contributed by atoms with Crippen LogP contribution in [0.1, 0.15) is 27.7 Å². The van der Waals surface area contributed by atoms with Crippen molar-refractivity contribution in [1.29, 1.82) is 0 Å². The summed E-state index contributed by atoms with van der Waals surface area (Å²) < 4.78 is 0. The molecule has 5 heteroatoms.